The number of hydrogen-bond acceptors (Lipinski definition) is 4. The molecule has 6 nitrogen and oxygen atoms in total. The average molecular weight is 372 g/mol. The van der Waals surface area contributed by atoms with E-state index in [1.165, 1.54) is 18.2 Å². The van der Waals surface area contributed by atoms with Crippen LogP contribution >= 0.6 is 11.6 Å². The molecule has 0 radical (unpaired) electrons. The molecule has 1 fully saturated rings. The highest BCUT2D eigenvalue weighted by Gasteiger charge is 2.19. The number of non-ortho nitro benzene ring substituents is 1. The minimum absolute atomic E-state index is 0.0341. The van der Waals surface area contributed by atoms with Crippen molar-refractivity contribution in [3.63, 3.8) is 0 Å². The summed E-state index contributed by atoms with van der Waals surface area (Å²) in [7, 11) is 0. The quantitative estimate of drug-likeness (QED) is 0.468. The Balaban J connectivity index is 1.54. The smallest absolute Gasteiger partial charge is 0.269 e. The first-order valence-corrected chi connectivity index (χ1v) is 8.63. The summed E-state index contributed by atoms with van der Waals surface area (Å²) in [5.41, 5.74) is 1.89. The van der Waals surface area contributed by atoms with Gasteiger partial charge in [0.2, 0.25) is 5.91 Å². The van der Waals surface area contributed by atoms with Crippen molar-refractivity contribution in [1.82, 2.24) is 4.90 Å². The Kier molecular flexibility index (Phi) is 5.53. The average Bonchev–Trinajstić information content (AvgIpc) is 2.67. The summed E-state index contributed by atoms with van der Waals surface area (Å²) in [5.74, 6) is -0.0564. The Bertz CT molecular complexity index is 811. The van der Waals surface area contributed by atoms with Crippen LogP contribution in [0.4, 0.5) is 11.4 Å². The van der Waals surface area contributed by atoms with Crippen molar-refractivity contribution in [2.45, 2.75) is 0 Å². The molecule has 2 aromatic carbocycles. The third-order valence-electron chi connectivity index (χ3n) is 4.31. The van der Waals surface area contributed by atoms with Gasteiger partial charge >= 0.3 is 0 Å². The fourth-order valence-electron chi connectivity index (χ4n) is 2.82. The second-order valence-electron chi connectivity index (χ2n) is 5.97. The number of nitro groups is 1. The zero-order valence-corrected chi connectivity index (χ0v) is 14.8. The van der Waals surface area contributed by atoms with Gasteiger partial charge in [-0.15, -0.1) is 0 Å². The van der Waals surface area contributed by atoms with E-state index in [0.717, 1.165) is 24.3 Å². The van der Waals surface area contributed by atoms with Crippen molar-refractivity contribution in [1.29, 1.82) is 0 Å². The van der Waals surface area contributed by atoms with Crippen LogP contribution in [0.3, 0.4) is 0 Å². The molecule has 3 rings (SSSR count). The van der Waals surface area contributed by atoms with Crippen LogP contribution in [0.5, 0.6) is 0 Å². The molecule has 0 saturated carbocycles. The van der Waals surface area contributed by atoms with Crippen molar-refractivity contribution in [3.8, 4) is 0 Å². The van der Waals surface area contributed by atoms with Crippen LogP contribution in [0.15, 0.2) is 54.6 Å². The van der Waals surface area contributed by atoms with Gasteiger partial charge in [0.15, 0.2) is 0 Å². The number of benzene rings is 2. The van der Waals surface area contributed by atoms with Gasteiger partial charge < -0.3 is 9.80 Å². The predicted octanol–water partition coefficient (Wildman–Crippen LogP) is 3.61. The zero-order chi connectivity index (χ0) is 18.5. The summed E-state index contributed by atoms with van der Waals surface area (Å²) in [6, 6.07) is 13.8. The van der Waals surface area contributed by atoms with E-state index in [-0.39, 0.29) is 11.6 Å². The number of carbonyl (C=O) groups excluding carboxylic acids is 1. The van der Waals surface area contributed by atoms with Gasteiger partial charge in [0, 0.05) is 55.1 Å². The minimum atomic E-state index is -0.446. The largest absolute Gasteiger partial charge is 0.368 e. The number of halogens is 1. The number of carbonyl (C=O) groups is 1. The lowest BCUT2D eigenvalue weighted by Gasteiger charge is -2.35. The fourth-order valence-corrected chi connectivity index (χ4v) is 2.94. The first-order valence-electron chi connectivity index (χ1n) is 8.25. The molecule has 0 spiro atoms. The summed E-state index contributed by atoms with van der Waals surface area (Å²) in [6.45, 7) is 2.82. The van der Waals surface area contributed by atoms with E-state index >= 15 is 0 Å². The molecular weight excluding hydrogens is 354 g/mol. The number of amides is 1. The molecule has 0 bridgehead atoms. The minimum Gasteiger partial charge on any atom is -0.368 e. The lowest BCUT2D eigenvalue weighted by Crippen LogP contribution is -2.48. The highest BCUT2D eigenvalue weighted by Crippen LogP contribution is 2.19. The molecule has 0 atom stereocenters. The van der Waals surface area contributed by atoms with Crippen LogP contribution in [0.2, 0.25) is 5.02 Å². The number of nitrogens with zero attached hydrogens (tertiary/aromatic N) is 3. The standard InChI is InChI=1S/C19H18ClN3O3/c20-16-4-8-17(9-5-16)21-11-13-22(14-12-21)19(24)10-3-15-1-6-18(7-2-15)23(25)26/h1-10H,11-14H2/b10-3+. The summed E-state index contributed by atoms with van der Waals surface area (Å²) in [4.78, 5) is 26.6. The second-order valence-corrected chi connectivity index (χ2v) is 6.41. The molecule has 2 aromatic rings. The van der Waals surface area contributed by atoms with Crippen LogP contribution in [0, 0.1) is 10.1 Å². The Hall–Kier alpha value is -2.86. The van der Waals surface area contributed by atoms with Crippen molar-refractivity contribution >= 4 is 35.0 Å². The lowest BCUT2D eigenvalue weighted by atomic mass is 10.2. The molecule has 0 aromatic heterocycles. The summed E-state index contributed by atoms with van der Waals surface area (Å²) in [6.07, 6.45) is 3.19. The molecule has 1 heterocycles. The topological polar surface area (TPSA) is 66.7 Å². The summed E-state index contributed by atoms with van der Waals surface area (Å²) in [5, 5.41) is 11.4. The molecule has 1 aliphatic heterocycles. The molecule has 0 aliphatic carbocycles. The van der Waals surface area contributed by atoms with Crippen molar-refractivity contribution in [2.24, 2.45) is 0 Å². The van der Waals surface area contributed by atoms with E-state index < -0.39 is 4.92 Å². The Labute approximate surface area is 156 Å². The van der Waals surface area contributed by atoms with Crippen LogP contribution in [-0.2, 0) is 4.79 Å². The first kappa shape index (κ1) is 17.9. The van der Waals surface area contributed by atoms with Crippen LogP contribution in [0.25, 0.3) is 6.08 Å². The van der Waals surface area contributed by atoms with Crippen LogP contribution in [-0.4, -0.2) is 41.9 Å². The SMILES string of the molecule is O=C(/C=C/c1ccc([N+](=O)[O-])cc1)N1CCN(c2ccc(Cl)cc2)CC1. The highest BCUT2D eigenvalue weighted by molar-refractivity contribution is 6.30. The van der Waals surface area contributed by atoms with Crippen LogP contribution in [0.1, 0.15) is 5.56 Å². The third-order valence-corrected chi connectivity index (χ3v) is 4.56. The van der Waals surface area contributed by atoms with Gasteiger partial charge in [-0.05, 0) is 48.0 Å². The van der Waals surface area contributed by atoms with E-state index in [9.17, 15) is 14.9 Å². The third kappa shape index (κ3) is 4.40. The number of piperazine rings is 1. The normalized spacial score (nSPS) is 14.7. The summed E-state index contributed by atoms with van der Waals surface area (Å²) < 4.78 is 0. The second kappa shape index (κ2) is 8.01. The van der Waals surface area contributed by atoms with Gasteiger partial charge in [0.05, 0.1) is 4.92 Å². The Morgan fingerprint density at radius 2 is 1.62 bits per heavy atom. The number of rotatable bonds is 4. The predicted molar refractivity (Wildman–Crippen MR) is 102 cm³/mol. The number of nitro benzene ring substituents is 1. The maximum atomic E-state index is 12.3. The van der Waals surface area contributed by atoms with Gasteiger partial charge in [-0.25, -0.2) is 0 Å². The van der Waals surface area contributed by atoms with E-state index in [1.54, 1.807) is 23.1 Å². The summed E-state index contributed by atoms with van der Waals surface area (Å²) >= 11 is 5.91. The Morgan fingerprint density at radius 3 is 2.19 bits per heavy atom. The monoisotopic (exact) mass is 371 g/mol. The fraction of sp³-hybridized carbons (Fsp3) is 0.211. The molecule has 1 saturated heterocycles. The van der Waals surface area contributed by atoms with E-state index in [4.69, 9.17) is 11.6 Å². The number of hydrogen-bond donors (Lipinski definition) is 0. The molecule has 1 aliphatic rings. The van der Waals surface area contributed by atoms with Crippen molar-refractivity contribution in [3.05, 3.63) is 75.3 Å². The van der Waals surface area contributed by atoms with Gasteiger partial charge in [-0.2, -0.15) is 0 Å². The molecule has 134 valence electrons. The maximum Gasteiger partial charge on any atom is 0.269 e. The Morgan fingerprint density at radius 1 is 1.00 bits per heavy atom. The van der Waals surface area contributed by atoms with Gasteiger partial charge in [-0.3, -0.25) is 14.9 Å². The first-order chi connectivity index (χ1) is 12.5. The number of anilines is 1. The van der Waals surface area contributed by atoms with Crippen molar-refractivity contribution in [2.75, 3.05) is 31.1 Å². The molecular formula is C19H18ClN3O3. The van der Waals surface area contributed by atoms with Gasteiger partial charge in [0.25, 0.3) is 5.69 Å². The van der Waals surface area contributed by atoms with E-state index in [0.29, 0.717) is 18.1 Å². The van der Waals surface area contributed by atoms with Gasteiger partial charge in [-0.1, -0.05) is 11.6 Å². The van der Waals surface area contributed by atoms with Gasteiger partial charge in [0.1, 0.15) is 0 Å². The molecule has 0 N–H and O–H groups in total. The van der Waals surface area contributed by atoms with E-state index in [2.05, 4.69) is 4.90 Å². The molecule has 1 amide bonds. The molecule has 26 heavy (non-hydrogen) atoms. The maximum absolute atomic E-state index is 12.3. The molecule has 7 heteroatoms. The van der Waals surface area contributed by atoms with Crippen LogP contribution < -0.4 is 4.90 Å². The van der Waals surface area contributed by atoms with E-state index in [1.807, 2.05) is 24.3 Å². The highest BCUT2D eigenvalue weighted by atomic mass is 35.5. The van der Waals surface area contributed by atoms with Crippen molar-refractivity contribution < 1.29 is 9.72 Å². The molecule has 0 unspecified atom stereocenters. The lowest BCUT2D eigenvalue weighted by molar-refractivity contribution is -0.384. The zero-order valence-electron chi connectivity index (χ0n) is 14.0.